The zero-order chi connectivity index (χ0) is 16.9. The molecule has 2 amide bonds. The fourth-order valence-electron chi connectivity index (χ4n) is 2.89. The zero-order valence-electron chi connectivity index (χ0n) is 13.9. The lowest BCUT2D eigenvalue weighted by molar-refractivity contribution is -0.131. The molecule has 6 heteroatoms. The SMILES string of the molecule is Cl.Nc1cccc(C(=O)NCCCC(=O)N2Cc3ccccc3C2)c1. The molecule has 132 valence electrons. The van der Waals surface area contributed by atoms with Crippen LogP contribution in [0, 0.1) is 0 Å². The van der Waals surface area contributed by atoms with Crippen molar-refractivity contribution < 1.29 is 9.59 Å². The summed E-state index contributed by atoms with van der Waals surface area (Å²) in [7, 11) is 0. The van der Waals surface area contributed by atoms with Gasteiger partial charge in [-0.2, -0.15) is 0 Å². The van der Waals surface area contributed by atoms with Crippen LogP contribution in [0.2, 0.25) is 0 Å². The van der Waals surface area contributed by atoms with Crippen molar-refractivity contribution in [1.82, 2.24) is 10.2 Å². The second-order valence-electron chi connectivity index (χ2n) is 6.00. The van der Waals surface area contributed by atoms with Crippen LogP contribution in [0.3, 0.4) is 0 Å². The molecular formula is C19H22ClN3O2. The van der Waals surface area contributed by atoms with Crippen LogP contribution in [0.5, 0.6) is 0 Å². The van der Waals surface area contributed by atoms with Gasteiger partial charge >= 0.3 is 0 Å². The van der Waals surface area contributed by atoms with Crippen molar-refractivity contribution in [1.29, 1.82) is 0 Å². The molecule has 0 aromatic heterocycles. The molecule has 3 N–H and O–H groups in total. The van der Waals surface area contributed by atoms with E-state index in [1.165, 1.54) is 11.1 Å². The number of hydrogen-bond acceptors (Lipinski definition) is 3. The lowest BCUT2D eigenvalue weighted by atomic mass is 10.1. The van der Waals surface area contributed by atoms with Gasteiger partial charge in [0.1, 0.15) is 0 Å². The molecular weight excluding hydrogens is 338 g/mol. The quantitative estimate of drug-likeness (QED) is 0.636. The van der Waals surface area contributed by atoms with Crippen molar-refractivity contribution >= 4 is 29.9 Å². The summed E-state index contributed by atoms with van der Waals surface area (Å²) in [6, 6.07) is 15.0. The summed E-state index contributed by atoms with van der Waals surface area (Å²) in [4.78, 5) is 26.1. The standard InChI is InChI=1S/C19H21N3O2.ClH/c20-17-8-3-7-14(11-17)19(24)21-10-4-9-18(23)22-12-15-5-1-2-6-16(15)13-22;/h1-3,5-8,11H,4,9-10,12-13,20H2,(H,21,24);1H. The van der Waals surface area contributed by atoms with E-state index >= 15 is 0 Å². The molecule has 2 aromatic rings. The van der Waals surface area contributed by atoms with E-state index in [-0.39, 0.29) is 24.2 Å². The molecule has 1 aliphatic heterocycles. The number of carbonyl (C=O) groups is 2. The van der Waals surface area contributed by atoms with Crippen LogP contribution < -0.4 is 11.1 Å². The highest BCUT2D eigenvalue weighted by Crippen LogP contribution is 2.22. The second-order valence-corrected chi connectivity index (χ2v) is 6.00. The Labute approximate surface area is 153 Å². The van der Waals surface area contributed by atoms with E-state index in [1.54, 1.807) is 24.3 Å². The molecule has 0 saturated heterocycles. The maximum Gasteiger partial charge on any atom is 0.251 e. The van der Waals surface area contributed by atoms with Crippen LogP contribution in [0.1, 0.15) is 34.3 Å². The van der Waals surface area contributed by atoms with Crippen LogP contribution in [0.15, 0.2) is 48.5 Å². The third-order valence-corrected chi connectivity index (χ3v) is 4.20. The molecule has 0 bridgehead atoms. The smallest absolute Gasteiger partial charge is 0.251 e. The average molecular weight is 360 g/mol. The minimum absolute atomic E-state index is 0. The summed E-state index contributed by atoms with van der Waals surface area (Å²) < 4.78 is 0. The maximum atomic E-state index is 12.3. The predicted molar refractivity (Wildman–Crippen MR) is 100 cm³/mol. The molecule has 2 aromatic carbocycles. The van der Waals surface area contributed by atoms with Gasteiger partial charge in [0.25, 0.3) is 5.91 Å². The van der Waals surface area contributed by atoms with Crippen LogP contribution in [-0.4, -0.2) is 23.3 Å². The zero-order valence-corrected chi connectivity index (χ0v) is 14.7. The van der Waals surface area contributed by atoms with E-state index in [1.807, 2.05) is 17.0 Å². The van der Waals surface area contributed by atoms with Gasteiger partial charge in [-0.05, 0) is 35.7 Å². The Kier molecular flexibility index (Phi) is 6.42. The van der Waals surface area contributed by atoms with Gasteiger partial charge in [-0.3, -0.25) is 9.59 Å². The number of nitrogens with zero attached hydrogens (tertiary/aromatic N) is 1. The molecule has 5 nitrogen and oxygen atoms in total. The summed E-state index contributed by atoms with van der Waals surface area (Å²) in [5, 5.41) is 2.82. The average Bonchev–Trinajstić information content (AvgIpc) is 3.02. The van der Waals surface area contributed by atoms with Gasteiger partial charge in [-0.15, -0.1) is 12.4 Å². The lowest BCUT2D eigenvalue weighted by Crippen LogP contribution is -2.28. The normalized spacial score (nSPS) is 12.2. The predicted octanol–water partition coefficient (Wildman–Crippen LogP) is 2.74. The number of carbonyl (C=O) groups excluding carboxylic acids is 2. The Morgan fingerprint density at radius 1 is 1.04 bits per heavy atom. The summed E-state index contributed by atoms with van der Waals surface area (Å²) in [5.74, 6) is -0.0345. The molecule has 0 spiro atoms. The molecule has 3 rings (SSSR count). The van der Waals surface area contributed by atoms with E-state index in [4.69, 9.17) is 5.73 Å². The van der Waals surface area contributed by atoms with Gasteiger partial charge in [-0.1, -0.05) is 30.3 Å². The van der Waals surface area contributed by atoms with Gasteiger partial charge in [0, 0.05) is 37.3 Å². The third-order valence-electron chi connectivity index (χ3n) is 4.20. The largest absolute Gasteiger partial charge is 0.399 e. The van der Waals surface area contributed by atoms with Crippen LogP contribution in [-0.2, 0) is 17.9 Å². The van der Waals surface area contributed by atoms with Gasteiger partial charge in [-0.25, -0.2) is 0 Å². The van der Waals surface area contributed by atoms with Crippen LogP contribution in [0.4, 0.5) is 5.69 Å². The van der Waals surface area contributed by atoms with Gasteiger partial charge in [0.05, 0.1) is 0 Å². The van der Waals surface area contributed by atoms with E-state index in [0.717, 1.165) is 0 Å². The first-order valence-electron chi connectivity index (χ1n) is 8.12. The molecule has 0 unspecified atom stereocenters. The second kappa shape index (κ2) is 8.53. The van der Waals surface area contributed by atoms with Crippen molar-refractivity contribution in [3.63, 3.8) is 0 Å². The summed E-state index contributed by atoms with van der Waals surface area (Å²) in [6.45, 7) is 1.84. The topological polar surface area (TPSA) is 75.4 Å². The Morgan fingerprint density at radius 2 is 1.72 bits per heavy atom. The number of rotatable bonds is 5. The van der Waals surface area contributed by atoms with Crippen molar-refractivity contribution in [3.8, 4) is 0 Å². The monoisotopic (exact) mass is 359 g/mol. The summed E-state index contributed by atoms with van der Waals surface area (Å²) >= 11 is 0. The van der Waals surface area contributed by atoms with Gasteiger partial charge in [0.15, 0.2) is 0 Å². The van der Waals surface area contributed by atoms with Crippen molar-refractivity contribution in [2.24, 2.45) is 0 Å². The Bertz CT molecular complexity index is 739. The van der Waals surface area contributed by atoms with E-state index in [9.17, 15) is 9.59 Å². The molecule has 1 aliphatic rings. The molecule has 0 fully saturated rings. The minimum Gasteiger partial charge on any atom is -0.399 e. The van der Waals surface area contributed by atoms with E-state index in [2.05, 4.69) is 17.4 Å². The molecule has 0 aliphatic carbocycles. The molecule has 0 atom stereocenters. The maximum absolute atomic E-state index is 12.3. The lowest BCUT2D eigenvalue weighted by Gasteiger charge is -2.15. The van der Waals surface area contributed by atoms with Crippen LogP contribution >= 0.6 is 12.4 Å². The van der Waals surface area contributed by atoms with Crippen LogP contribution in [0.25, 0.3) is 0 Å². The third kappa shape index (κ3) is 4.73. The molecule has 25 heavy (non-hydrogen) atoms. The van der Waals surface area contributed by atoms with Crippen molar-refractivity contribution in [2.45, 2.75) is 25.9 Å². The fourth-order valence-corrected chi connectivity index (χ4v) is 2.89. The van der Waals surface area contributed by atoms with Crippen molar-refractivity contribution in [2.75, 3.05) is 12.3 Å². The van der Waals surface area contributed by atoms with Gasteiger partial charge in [0.2, 0.25) is 5.91 Å². The Morgan fingerprint density at radius 3 is 2.36 bits per heavy atom. The molecule has 0 radical (unpaired) electrons. The van der Waals surface area contributed by atoms with E-state index in [0.29, 0.717) is 43.7 Å². The number of nitrogens with two attached hydrogens (primary N) is 1. The first-order valence-corrected chi connectivity index (χ1v) is 8.12. The number of amides is 2. The fraction of sp³-hybridized carbons (Fsp3) is 0.263. The highest BCUT2D eigenvalue weighted by atomic mass is 35.5. The number of benzene rings is 2. The summed E-state index contributed by atoms with van der Waals surface area (Å²) in [5.41, 5.74) is 9.21. The Balaban J connectivity index is 0.00000225. The Hall–Kier alpha value is -2.53. The van der Waals surface area contributed by atoms with Gasteiger partial charge < -0.3 is 16.0 Å². The number of anilines is 1. The minimum atomic E-state index is -0.164. The number of hydrogen-bond donors (Lipinski definition) is 2. The highest BCUT2D eigenvalue weighted by Gasteiger charge is 2.22. The van der Waals surface area contributed by atoms with Crippen molar-refractivity contribution in [3.05, 3.63) is 65.2 Å². The number of nitrogen functional groups attached to an aromatic ring is 1. The number of nitrogens with one attached hydrogen (secondary N) is 1. The first-order chi connectivity index (χ1) is 11.6. The highest BCUT2D eigenvalue weighted by molar-refractivity contribution is 5.95. The number of halogens is 1. The molecule has 1 heterocycles. The first kappa shape index (κ1) is 18.8. The molecule has 0 saturated carbocycles. The summed E-state index contributed by atoms with van der Waals surface area (Å²) in [6.07, 6.45) is 1.06. The van der Waals surface area contributed by atoms with E-state index < -0.39 is 0 Å². The number of fused-ring (bicyclic) bond motifs is 1.